The fourth-order valence-electron chi connectivity index (χ4n) is 4.57. The molecule has 0 aliphatic heterocycles. The quantitative estimate of drug-likeness (QED) is 0.871. The van der Waals surface area contributed by atoms with Gasteiger partial charge in [0.15, 0.2) is 0 Å². The lowest BCUT2D eigenvalue weighted by Gasteiger charge is -2.60. The molecule has 2 heterocycles. The number of aromatic nitrogens is 3. The van der Waals surface area contributed by atoms with Crippen LogP contribution in [0.25, 0.3) is 0 Å². The van der Waals surface area contributed by atoms with Crippen molar-refractivity contribution in [2.75, 3.05) is 6.54 Å². The number of nitrogens with zero attached hydrogens (tertiary/aromatic N) is 3. The summed E-state index contributed by atoms with van der Waals surface area (Å²) >= 11 is 0. The van der Waals surface area contributed by atoms with E-state index in [0.29, 0.717) is 11.1 Å². The minimum Gasteiger partial charge on any atom is -0.385 e. The van der Waals surface area contributed by atoms with Gasteiger partial charge in [-0.3, -0.25) is 14.5 Å². The molecule has 2 aromatic rings. The topological polar surface area (TPSA) is 80.0 Å². The minimum absolute atomic E-state index is 0.000701. The van der Waals surface area contributed by atoms with Gasteiger partial charge in [0.2, 0.25) is 5.91 Å². The van der Waals surface area contributed by atoms with Crippen molar-refractivity contribution in [2.45, 2.75) is 43.6 Å². The zero-order valence-corrected chi connectivity index (χ0v) is 14.5. The lowest BCUT2D eigenvalue weighted by molar-refractivity contribution is -0.142. The van der Waals surface area contributed by atoms with Gasteiger partial charge in [-0.2, -0.15) is 5.10 Å². The molecule has 132 valence electrons. The summed E-state index contributed by atoms with van der Waals surface area (Å²) in [4.78, 5) is 17.3. The van der Waals surface area contributed by atoms with E-state index in [1.54, 1.807) is 30.2 Å². The van der Waals surface area contributed by atoms with Gasteiger partial charge in [-0.1, -0.05) is 12.5 Å². The number of hydrogen-bond acceptors (Lipinski definition) is 4. The summed E-state index contributed by atoms with van der Waals surface area (Å²) < 4.78 is 1.63. The van der Waals surface area contributed by atoms with E-state index in [-0.39, 0.29) is 12.5 Å². The van der Waals surface area contributed by atoms with Crippen LogP contribution in [0.5, 0.6) is 0 Å². The number of carbonyl (C=O) groups is 1. The van der Waals surface area contributed by atoms with Crippen LogP contribution in [0.3, 0.4) is 0 Å². The molecule has 2 aromatic heterocycles. The van der Waals surface area contributed by atoms with Crippen LogP contribution in [-0.2, 0) is 17.3 Å². The van der Waals surface area contributed by atoms with Gasteiger partial charge in [0, 0.05) is 32.2 Å². The lowest BCUT2D eigenvalue weighted by Crippen LogP contribution is -2.60. The smallest absolute Gasteiger partial charge is 0.230 e. The van der Waals surface area contributed by atoms with Crippen molar-refractivity contribution in [2.24, 2.45) is 12.5 Å². The first-order valence-electron chi connectivity index (χ1n) is 8.90. The average molecular weight is 340 g/mol. The van der Waals surface area contributed by atoms with E-state index in [1.165, 1.54) is 19.3 Å². The summed E-state index contributed by atoms with van der Waals surface area (Å²) in [6, 6.07) is 5.65. The number of carbonyl (C=O) groups excluding carboxylic acids is 1. The average Bonchev–Trinajstić information content (AvgIpc) is 2.97. The first kappa shape index (κ1) is 16.3. The number of amides is 1. The van der Waals surface area contributed by atoms with Gasteiger partial charge in [-0.25, -0.2) is 0 Å². The molecular weight excluding hydrogens is 316 g/mol. The molecule has 2 N–H and O–H groups in total. The van der Waals surface area contributed by atoms with Gasteiger partial charge in [0.25, 0.3) is 0 Å². The highest BCUT2D eigenvalue weighted by Gasteiger charge is 2.61. The number of pyridine rings is 1. The number of aryl methyl sites for hydroxylation is 1. The van der Waals surface area contributed by atoms with Crippen LogP contribution in [0.4, 0.5) is 0 Å². The first-order valence-corrected chi connectivity index (χ1v) is 8.90. The zero-order chi connectivity index (χ0) is 17.5. The molecule has 25 heavy (non-hydrogen) atoms. The Hall–Kier alpha value is -2.21. The summed E-state index contributed by atoms with van der Waals surface area (Å²) in [6.07, 6.45) is 9.91. The van der Waals surface area contributed by atoms with Crippen LogP contribution in [-0.4, -0.2) is 32.3 Å². The van der Waals surface area contributed by atoms with E-state index in [1.807, 2.05) is 18.3 Å². The number of aliphatic hydroxyl groups is 1. The standard InChI is InChI=1S/C19H24N4O2/c1-23-15(5-9-22-23)16(24)11-21-17(25)19(14-4-2-8-20-10-14)12-18(13-19)6-3-7-18/h2,4-5,8-10,16,24H,3,6-7,11-13H2,1H3,(H,21,25)/t16-/m0/s1. The molecule has 6 heteroatoms. The van der Waals surface area contributed by atoms with Gasteiger partial charge in [-0.15, -0.1) is 0 Å². The molecule has 6 nitrogen and oxygen atoms in total. The summed E-state index contributed by atoms with van der Waals surface area (Å²) in [7, 11) is 1.78. The summed E-state index contributed by atoms with van der Waals surface area (Å²) in [5.74, 6) is -0.000701. The van der Waals surface area contributed by atoms with Crippen LogP contribution in [0.15, 0.2) is 36.8 Å². The van der Waals surface area contributed by atoms with E-state index < -0.39 is 11.5 Å². The summed E-state index contributed by atoms with van der Waals surface area (Å²) in [5, 5.41) is 17.4. The lowest BCUT2D eigenvalue weighted by atomic mass is 9.43. The van der Waals surface area contributed by atoms with Crippen molar-refractivity contribution in [1.29, 1.82) is 0 Å². The summed E-state index contributed by atoms with van der Waals surface area (Å²) in [6.45, 7) is 0.188. The Labute approximate surface area is 147 Å². The predicted molar refractivity (Wildman–Crippen MR) is 92.6 cm³/mol. The van der Waals surface area contributed by atoms with Crippen LogP contribution >= 0.6 is 0 Å². The van der Waals surface area contributed by atoms with Crippen molar-refractivity contribution in [3.63, 3.8) is 0 Å². The maximum absolute atomic E-state index is 13.1. The van der Waals surface area contributed by atoms with Gasteiger partial charge in [-0.05, 0) is 48.8 Å². The molecule has 0 aromatic carbocycles. The Bertz CT molecular complexity index is 759. The maximum Gasteiger partial charge on any atom is 0.230 e. The van der Waals surface area contributed by atoms with Crippen molar-refractivity contribution in [3.8, 4) is 0 Å². The second-order valence-electron chi connectivity index (χ2n) is 7.64. The Kier molecular flexibility index (Phi) is 3.87. The van der Waals surface area contributed by atoms with Crippen LogP contribution in [0.2, 0.25) is 0 Å². The minimum atomic E-state index is -0.764. The second kappa shape index (κ2) is 5.95. The Morgan fingerprint density at radius 1 is 1.36 bits per heavy atom. The van der Waals surface area contributed by atoms with Gasteiger partial charge < -0.3 is 10.4 Å². The highest BCUT2D eigenvalue weighted by atomic mass is 16.3. The van der Waals surface area contributed by atoms with Crippen molar-refractivity contribution >= 4 is 5.91 Å². The molecule has 2 aliphatic carbocycles. The number of hydrogen-bond donors (Lipinski definition) is 2. The molecule has 2 aliphatic rings. The summed E-state index contributed by atoms with van der Waals surface area (Å²) in [5.41, 5.74) is 1.54. The first-order chi connectivity index (χ1) is 12.0. The third-order valence-corrected chi connectivity index (χ3v) is 6.07. The maximum atomic E-state index is 13.1. The molecular formula is C19H24N4O2. The van der Waals surface area contributed by atoms with Crippen LogP contribution < -0.4 is 5.32 Å². The SMILES string of the molecule is Cn1nccc1[C@@H](O)CNC(=O)C1(c2cccnc2)CC2(CCC2)C1. The third kappa shape index (κ3) is 2.65. The van der Waals surface area contributed by atoms with Gasteiger partial charge in [0.1, 0.15) is 6.10 Å². The van der Waals surface area contributed by atoms with Crippen LogP contribution in [0.1, 0.15) is 49.5 Å². The Balaban J connectivity index is 1.48. The van der Waals surface area contributed by atoms with E-state index in [9.17, 15) is 9.90 Å². The third-order valence-electron chi connectivity index (χ3n) is 6.07. The van der Waals surface area contributed by atoms with Crippen LogP contribution in [0, 0.1) is 5.41 Å². The molecule has 0 unspecified atom stereocenters. The van der Waals surface area contributed by atoms with Crippen molar-refractivity contribution in [1.82, 2.24) is 20.1 Å². The molecule has 2 fully saturated rings. The Morgan fingerprint density at radius 3 is 2.72 bits per heavy atom. The highest BCUT2D eigenvalue weighted by Crippen LogP contribution is 2.64. The van der Waals surface area contributed by atoms with Gasteiger partial charge >= 0.3 is 0 Å². The largest absolute Gasteiger partial charge is 0.385 e. The Morgan fingerprint density at radius 2 is 2.16 bits per heavy atom. The van der Waals surface area contributed by atoms with E-state index >= 15 is 0 Å². The molecule has 1 atom stereocenters. The fraction of sp³-hybridized carbons (Fsp3) is 0.526. The normalized spacial score (nSPS) is 21.2. The predicted octanol–water partition coefficient (Wildman–Crippen LogP) is 1.87. The monoisotopic (exact) mass is 340 g/mol. The molecule has 1 spiro atoms. The van der Waals surface area contributed by atoms with Gasteiger partial charge in [0.05, 0.1) is 11.1 Å². The van der Waals surface area contributed by atoms with Crippen molar-refractivity contribution < 1.29 is 9.90 Å². The molecule has 0 saturated heterocycles. The van der Waals surface area contributed by atoms with E-state index in [2.05, 4.69) is 15.4 Å². The fourth-order valence-corrected chi connectivity index (χ4v) is 4.57. The number of rotatable bonds is 5. The molecule has 0 radical (unpaired) electrons. The molecule has 4 rings (SSSR count). The highest BCUT2D eigenvalue weighted by molar-refractivity contribution is 5.89. The van der Waals surface area contributed by atoms with E-state index in [4.69, 9.17) is 0 Å². The zero-order valence-electron chi connectivity index (χ0n) is 14.5. The molecule has 1 amide bonds. The van der Waals surface area contributed by atoms with E-state index in [0.717, 1.165) is 18.4 Å². The van der Waals surface area contributed by atoms with Crippen molar-refractivity contribution in [3.05, 3.63) is 48.0 Å². The molecule has 0 bridgehead atoms. The second-order valence-corrected chi connectivity index (χ2v) is 7.64. The number of aliphatic hydroxyl groups excluding tert-OH is 1. The molecule has 2 saturated carbocycles. The number of nitrogens with one attached hydrogen (secondary N) is 1.